The van der Waals surface area contributed by atoms with E-state index < -0.39 is 0 Å². The lowest BCUT2D eigenvalue weighted by atomic mass is 10.3. The number of hydrogen-bond acceptors (Lipinski definition) is 2. The van der Waals surface area contributed by atoms with Crippen LogP contribution < -0.4 is 0 Å². The van der Waals surface area contributed by atoms with Crippen LogP contribution in [0.15, 0.2) is 23.8 Å². The Hall–Kier alpha value is -1.05. The van der Waals surface area contributed by atoms with Gasteiger partial charge in [-0.15, -0.1) is 0 Å². The Morgan fingerprint density at radius 1 is 1.56 bits per heavy atom. The molecule has 2 nitrogen and oxygen atoms in total. The van der Waals surface area contributed by atoms with E-state index in [-0.39, 0.29) is 5.97 Å². The highest BCUT2D eigenvalue weighted by Gasteiger charge is 1.97. The van der Waals surface area contributed by atoms with Gasteiger partial charge in [-0.3, -0.25) is 0 Å². The summed E-state index contributed by atoms with van der Waals surface area (Å²) in [4.78, 5) is 10.5. The fraction of sp³-hybridized carbons (Fsp3) is 0.286. The average molecular weight is 124 g/mol. The molecule has 0 aromatic carbocycles. The molecule has 1 aliphatic heterocycles. The lowest BCUT2D eigenvalue weighted by Gasteiger charge is -1.91. The summed E-state index contributed by atoms with van der Waals surface area (Å²) in [6.07, 6.45) is 5.04. The second-order valence-corrected chi connectivity index (χ2v) is 1.91. The Morgan fingerprint density at radius 2 is 2.33 bits per heavy atom. The molecule has 9 heavy (non-hydrogen) atoms. The fourth-order valence-electron chi connectivity index (χ4n) is 0.571. The minimum atomic E-state index is -0.261. The van der Waals surface area contributed by atoms with E-state index in [1.165, 1.54) is 6.08 Å². The number of esters is 1. The van der Waals surface area contributed by atoms with E-state index in [1.54, 1.807) is 6.08 Å². The van der Waals surface area contributed by atoms with Gasteiger partial charge in [-0.1, -0.05) is 11.6 Å². The van der Waals surface area contributed by atoms with Crippen LogP contribution in [0.2, 0.25) is 0 Å². The van der Waals surface area contributed by atoms with Crippen molar-refractivity contribution in [3.8, 4) is 0 Å². The molecule has 0 aromatic heterocycles. The number of cyclic esters (lactones) is 1. The van der Waals surface area contributed by atoms with E-state index >= 15 is 0 Å². The van der Waals surface area contributed by atoms with Crippen LogP contribution in [0, 0.1) is 0 Å². The molecule has 0 saturated carbocycles. The molecular formula is C7H8O2. The quantitative estimate of drug-likeness (QED) is 0.451. The van der Waals surface area contributed by atoms with Crippen molar-refractivity contribution in [2.24, 2.45) is 0 Å². The van der Waals surface area contributed by atoms with Crippen molar-refractivity contribution in [2.75, 3.05) is 6.61 Å². The first-order valence-electron chi connectivity index (χ1n) is 2.80. The van der Waals surface area contributed by atoms with Crippen LogP contribution in [0.1, 0.15) is 6.92 Å². The standard InChI is InChI=1S/C7H8O2/c1-6-2-3-7(8)9-5-4-6/h2-4H,5H2,1H3. The van der Waals surface area contributed by atoms with Crippen molar-refractivity contribution in [1.29, 1.82) is 0 Å². The summed E-state index contributed by atoms with van der Waals surface area (Å²) in [6, 6.07) is 0. The molecule has 0 amide bonds. The molecule has 0 bridgehead atoms. The van der Waals surface area contributed by atoms with Crippen molar-refractivity contribution < 1.29 is 9.53 Å². The Kier molecular flexibility index (Phi) is 1.68. The predicted octanol–water partition coefficient (Wildman–Crippen LogP) is 1.05. The first-order valence-corrected chi connectivity index (χ1v) is 2.80. The predicted molar refractivity (Wildman–Crippen MR) is 33.9 cm³/mol. The van der Waals surface area contributed by atoms with Gasteiger partial charge in [0, 0.05) is 6.08 Å². The minimum absolute atomic E-state index is 0.261. The summed E-state index contributed by atoms with van der Waals surface area (Å²) in [5.41, 5.74) is 1.07. The van der Waals surface area contributed by atoms with Gasteiger partial charge < -0.3 is 4.74 Å². The Bertz CT molecular complexity index is 177. The normalized spacial score (nSPS) is 18.3. The SMILES string of the molecule is CC1=CCOC(=O)C=C1. The lowest BCUT2D eigenvalue weighted by molar-refractivity contribution is -0.136. The van der Waals surface area contributed by atoms with Crippen LogP contribution in [0.3, 0.4) is 0 Å². The zero-order chi connectivity index (χ0) is 6.69. The molecule has 0 radical (unpaired) electrons. The van der Waals surface area contributed by atoms with Crippen LogP contribution in [-0.2, 0) is 9.53 Å². The highest BCUT2D eigenvalue weighted by atomic mass is 16.5. The third kappa shape index (κ3) is 1.72. The molecule has 0 saturated heterocycles. The van der Waals surface area contributed by atoms with Crippen molar-refractivity contribution in [1.82, 2.24) is 0 Å². The molecule has 0 unspecified atom stereocenters. The zero-order valence-corrected chi connectivity index (χ0v) is 5.26. The Balaban J connectivity index is 2.69. The topological polar surface area (TPSA) is 26.3 Å². The van der Waals surface area contributed by atoms with Crippen molar-refractivity contribution in [3.63, 3.8) is 0 Å². The van der Waals surface area contributed by atoms with Gasteiger partial charge >= 0.3 is 5.97 Å². The van der Waals surface area contributed by atoms with Crippen LogP contribution in [0.5, 0.6) is 0 Å². The van der Waals surface area contributed by atoms with Crippen molar-refractivity contribution in [3.05, 3.63) is 23.8 Å². The molecule has 0 spiro atoms. The first kappa shape index (κ1) is 6.08. The average Bonchev–Trinajstić information content (AvgIpc) is 1.97. The molecule has 2 heteroatoms. The van der Waals surface area contributed by atoms with Crippen LogP contribution >= 0.6 is 0 Å². The highest BCUT2D eigenvalue weighted by Crippen LogP contribution is 1.99. The van der Waals surface area contributed by atoms with Gasteiger partial charge in [0.2, 0.25) is 0 Å². The van der Waals surface area contributed by atoms with Crippen LogP contribution in [0.25, 0.3) is 0 Å². The number of ether oxygens (including phenoxy) is 1. The van der Waals surface area contributed by atoms with E-state index in [2.05, 4.69) is 4.74 Å². The maximum absolute atomic E-state index is 10.5. The van der Waals surface area contributed by atoms with Gasteiger partial charge in [-0.25, -0.2) is 4.79 Å². The first-order chi connectivity index (χ1) is 4.29. The molecule has 1 aliphatic rings. The van der Waals surface area contributed by atoms with Gasteiger partial charge in [0.15, 0.2) is 0 Å². The zero-order valence-electron chi connectivity index (χ0n) is 5.26. The molecule has 48 valence electrons. The Morgan fingerprint density at radius 3 is 3.11 bits per heavy atom. The summed E-state index contributed by atoms with van der Waals surface area (Å²) < 4.78 is 4.67. The molecule has 0 N–H and O–H groups in total. The third-order valence-electron chi connectivity index (χ3n) is 1.11. The molecule has 1 heterocycles. The number of carbonyl (C=O) groups is 1. The number of hydrogen-bond donors (Lipinski definition) is 0. The minimum Gasteiger partial charge on any atom is -0.458 e. The fourth-order valence-corrected chi connectivity index (χ4v) is 0.571. The van der Waals surface area contributed by atoms with E-state index in [0.29, 0.717) is 6.61 Å². The Labute approximate surface area is 53.8 Å². The maximum atomic E-state index is 10.5. The van der Waals surface area contributed by atoms with Crippen LogP contribution in [-0.4, -0.2) is 12.6 Å². The molecule has 0 aromatic rings. The van der Waals surface area contributed by atoms with E-state index in [4.69, 9.17) is 0 Å². The summed E-state index contributed by atoms with van der Waals surface area (Å²) in [7, 11) is 0. The second kappa shape index (κ2) is 2.49. The van der Waals surface area contributed by atoms with Crippen molar-refractivity contribution >= 4 is 5.97 Å². The smallest absolute Gasteiger partial charge is 0.331 e. The van der Waals surface area contributed by atoms with E-state index in [1.807, 2.05) is 13.0 Å². The van der Waals surface area contributed by atoms with Gasteiger partial charge in [0.25, 0.3) is 0 Å². The number of carbonyl (C=O) groups excluding carboxylic acids is 1. The third-order valence-corrected chi connectivity index (χ3v) is 1.11. The van der Waals surface area contributed by atoms with Gasteiger partial charge in [0.05, 0.1) is 0 Å². The van der Waals surface area contributed by atoms with Gasteiger partial charge in [0.1, 0.15) is 6.61 Å². The van der Waals surface area contributed by atoms with Gasteiger partial charge in [-0.2, -0.15) is 0 Å². The highest BCUT2D eigenvalue weighted by molar-refractivity contribution is 5.83. The summed E-state index contributed by atoms with van der Waals surface area (Å²) >= 11 is 0. The van der Waals surface area contributed by atoms with Crippen molar-refractivity contribution in [2.45, 2.75) is 6.92 Å². The summed E-state index contributed by atoms with van der Waals surface area (Å²) in [5, 5.41) is 0. The largest absolute Gasteiger partial charge is 0.458 e. The molecule has 0 aliphatic carbocycles. The second-order valence-electron chi connectivity index (χ2n) is 1.91. The molecule has 1 rings (SSSR count). The lowest BCUT2D eigenvalue weighted by Crippen LogP contribution is -1.97. The number of rotatable bonds is 0. The van der Waals surface area contributed by atoms with E-state index in [9.17, 15) is 4.79 Å². The van der Waals surface area contributed by atoms with Crippen LogP contribution in [0.4, 0.5) is 0 Å². The van der Waals surface area contributed by atoms with Gasteiger partial charge in [-0.05, 0) is 13.0 Å². The summed E-state index contributed by atoms with van der Waals surface area (Å²) in [5.74, 6) is -0.261. The molecule has 0 atom stereocenters. The molecular weight excluding hydrogens is 116 g/mol. The maximum Gasteiger partial charge on any atom is 0.331 e. The molecule has 0 fully saturated rings. The summed E-state index contributed by atoms with van der Waals surface area (Å²) in [6.45, 7) is 2.33. The number of allylic oxidation sites excluding steroid dienone is 2. The monoisotopic (exact) mass is 124 g/mol. The van der Waals surface area contributed by atoms with E-state index in [0.717, 1.165) is 5.57 Å².